The lowest BCUT2D eigenvalue weighted by Crippen LogP contribution is -2.18. The van der Waals surface area contributed by atoms with Crippen molar-refractivity contribution >= 4 is 11.8 Å². The maximum atomic E-state index is 12.0. The highest BCUT2D eigenvalue weighted by Crippen LogP contribution is 2.21. The number of thioether (sulfide) groups is 1. The second-order valence-electron chi connectivity index (χ2n) is 5.58. The summed E-state index contributed by atoms with van der Waals surface area (Å²) in [5, 5.41) is 13.5. The molecule has 8 heteroatoms. The van der Waals surface area contributed by atoms with Crippen LogP contribution in [0.25, 0.3) is 11.4 Å². The van der Waals surface area contributed by atoms with Gasteiger partial charge >= 0.3 is 0 Å². The highest BCUT2D eigenvalue weighted by Gasteiger charge is 2.12. The Bertz CT molecular complexity index is 936. The standard InChI is InChI=1S/C17H18N4O3S/c1-10-4-3-5-12(8-10)15-19-14(24-21-15)9-25-17-18-11(2)13(6-7-22)16(23)20-17/h3-5,8,22H,6-7,9H2,1-2H3,(H,18,20,23). The molecule has 0 amide bonds. The summed E-state index contributed by atoms with van der Waals surface area (Å²) in [5.74, 6) is 1.40. The Labute approximate surface area is 148 Å². The number of nitrogens with zero attached hydrogens (tertiary/aromatic N) is 3. The van der Waals surface area contributed by atoms with Crippen molar-refractivity contribution in [1.82, 2.24) is 20.1 Å². The van der Waals surface area contributed by atoms with Gasteiger partial charge in [0.2, 0.25) is 11.7 Å². The number of aliphatic hydroxyl groups excluding tert-OH is 1. The molecule has 130 valence electrons. The Kier molecular flexibility index (Phi) is 5.30. The van der Waals surface area contributed by atoms with E-state index in [-0.39, 0.29) is 12.2 Å². The van der Waals surface area contributed by atoms with Crippen molar-refractivity contribution in [1.29, 1.82) is 0 Å². The van der Waals surface area contributed by atoms with Gasteiger partial charge in [0.15, 0.2) is 5.16 Å². The number of aromatic amines is 1. The van der Waals surface area contributed by atoms with Crippen LogP contribution in [0.4, 0.5) is 0 Å². The van der Waals surface area contributed by atoms with Gasteiger partial charge in [-0.15, -0.1) is 0 Å². The number of aromatic nitrogens is 4. The third-order valence-electron chi connectivity index (χ3n) is 3.64. The van der Waals surface area contributed by atoms with E-state index in [0.29, 0.717) is 40.3 Å². The first kappa shape index (κ1) is 17.4. The SMILES string of the molecule is Cc1cccc(-c2noc(CSc3nc(C)c(CCO)c(=O)[nH]3)n2)c1. The minimum absolute atomic E-state index is 0.0815. The normalized spacial score (nSPS) is 11.0. The summed E-state index contributed by atoms with van der Waals surface area (Å²) in [6.07, 6.45) is 0.294. The van der Waals surface area contributed by atoms with Crippen LogP contribution in [-0.4, -0.2) is 31.8 Å². The van der Waals surface area contributed by atoms with Gasteiger partial charge in [0.25, 0.3) is 5.56 Å². The summed E-state index contributed by atoms with van der Waals surface area (Å²) in [6, 6.07) is 7.87. The smallest absolute Gasteiger partial charge is 0.255 e. The zero-order valence-corrected chi connectivity index (χ0v) is 14.8. The van der Waals surface area contributed by atoms with Crippen LogP contribution in [0.1, 0.15) is 22.7 Å². The Morgan fingerprint density at radius 3 is 2.84 bits per heavy atom. The lowest BCUT2D eigenvalue weighted by Gasteiger charge is -2.04. The minimum Gasteiger partial charge on any atom is -0.396 e. The minimum atomic E-state index is -0.227. The number of aliphatic hydroxyl groups is 1. The first-order valence-electron chi connectivity index (χ1n) is 7.80. The van der Waals surface area contributed by atoms with Gasteiger partial charge in [0.05, 0.1) is 5.75 Å². The molecule has 0 fully saturated rings. The topological polar surface area (TPSA) is 105 Å². The summed E-state index contributed by atoms with van der Waals surface area (Å²) in [5.41, 5.74) is 2.92. The van der Waals surface area contributed by atoms with Crippen LogP contribution in [0.15, 0.2) is 38.7 Å². The number of nitrogens with one attached hydrogen (secondary N) is 1. The Balaban J connectivity index is 1.71. The molecule has 0 saturated heterocycles. The molecule has 0 aliphatic heterocycles. The van der Waals surface area contributed by atoms with E-state index in [1.54, 1.807) is 6.92 Å². The van der Waals surface area contributed by atoms with E-state index in [2.05, 4.69) is 20.1 Å². The summed E-state index contributed by atoms with van der Waals surface area (Å²) in [7, 11) is 0. The van der Waals surface area contributed by atoms with Gasteiger partial charge in [0.1, 0.15) is 0 Å². The van der Waals surface area contributed by atoms with E-state index in [0.717, 1.165) is 11.1 Å². The average molecular weight is 358 g/mol. The van der Waals surface area contributed by atoms with E-state index >= 15 is 0 Å². The molecule has 3 aromatic rings. The van der Waals surface area contributed by atoms with Crippen molar-refractivity contribution in [3.63, 3.8) is 0 Å². The molecule has 25 heavy (non-hydrogen) atoms. The van der Waals surface area contributed by atoms with Gasteiger partial charge < -0.3 is 14.6 Å². The van der Waals surface area contributed by atoms with Gasteiger partial charge in [-0.1, -0.05) is 40.7 Å². The number of benzene rings is 1. The van der Waals surface area contributed by atoms with Crippen LogP contribution >= 0.6 is 11.8 Å². The number of H-pyrrole nitrogens is 1. The number of hydrogen-bond donors (Lipinski definition) is 2. The van der Waals surface area contributed by atoms with Gasteiger partial charge in [0, 0.05) is 29.8 Å². The molecule has 0 saturated carbocycles. The summed E-state index contributed by atoms with van der Waals surface area (Å²) in [6.45, 7) is 3.68. The van der Waals surface area contributed by atoms with Crippen molar-refractivity contribution in [3.8, 4) is 11.4 Å². The van der Waals surface area contributed by atoms with Crippen molar-refractivity contribution < 1.29 is 9.63 Å². The molecule has 0 aliphatic carbocycles. The van der Waals surface area contributed by atoms with Crippen LogP contribution in [0.3, 0.4) is 0 Å². The molecular weight excluding hydrogens is 340 g/mol. The molecule has 0 spiro atoms. The fraction of sp³-hybridized carbons (Fsp3) is 0.294. The average Bonchev–Trinajstić information content (AvgIpc) is 3.05. The van der Waals surface area contributed by atoms with Crippen molar-refractivity contribution in [2.75, 3.05) is 6.61 Å². The lowest BCUT2D eigenvalue weighted by molar-refractivity contribution is 0.298. The molecule has 0 aliphatic rings. The second-order valence-corrected chi connectivity index (χ2v) is 6.54. The third-order valence-corrected chi connectivity index (χ3v) is 4.50. The molecular formula is C17H18N4O3S. The van der Waals surface area contributed by atoms with Gasteiger partial charge in [-0.05, 0) is 19.9 Å². The summed E-state index contributed by atoms with van der Waals surface area (Å²) < 4.78 is 5.27. The Hall–Kier alpha value is -2.45. The zero-order valence-electron chi connectivity index (χ0n) is 13.9. The monoisotopic (exact) mass is 358 g/mol. The van der Waals surface area contributed by atoms with Crippen molar-refractivity contribution in [3.05, 3.63) is 57.3 Å². The van der Waals surface area contributed by atoms with Crippen LogP contribution in [-0.2, 0) is 12.2 Å². The largest absolute Gasteiger partial charge is 0.396 e. The molecule has 2 heterocycles. The fourth-order valence-corrected chi connectivity index (χ4v) is 3.15. The first-order chi connectivity index (χ1) is 12.1. The number of rotatable bonds is 6. The van der Waals surface area contributed by atoms with E-state index in [4.69, 9.17) is 9.63 Å². The highest BCUT2D eigenvalue weighted by molar-refractivity contribution is 7.98. The molecule has 0 atom stereocenters. The zero-order chi connectivity index (χ0) is 17.8. The molecule has 3 rings (SSSR count). The number of aryl methyl sites for hydroxylation is 2. The molecule has 1 aromatic carbocycles. The third kappa shape index (κ3) is 4.15. The predicted molar refractivity (Wildman–Crippen MR) is 94.4 cm³/mol. The first-order valence-corrected chi connectivity index (χ1v) is 8.78. The second kappa shape index (κ2) is 7.62. The maximum absolute atomic E-state index is 12.0. The van der Waals surface area contributed by atoms with E-state index < -0.39 is 0 Å². The molecule has 2 N–H and O–H groups in total. The predicted octanol–water partition coefficient (Wildman–Crippen LogP) is 2.26. The van der Waals surface area contributed by atoms with Crippen molar-refractivity contribution in [2.24, 2.45) is 0 Å². The highest BCUT2D eigenvalue weighted by atomic mass is 32.2. The van der Waals surface area contributed by atoms with Gasteiger partial charge in [-0.2, -0.15) is 4.98 Å². The summed E-state index contributed by atoms with van der Waals surface area (Å²) >= 11 is 1.31. The molecule has 0 unspecified atom stereocenters. The molecule has 0 radical (unpaired) electrons. The van der Waals surface area contributed by atoms with E-state index in [9.17, 15) is 4.79 Å². The Morgan fingerprint density at radius 2 is 2.12 bits per heavy atom. The molecule has 2 aromatic heterocycles. The van der Waals surface area contributed by atoms with E-state index in [1.807, 2.05) is 31.2 Å². The fourth-order valence-electron chi connectivity index (χ4n) is 2.40. The quantitative estimate of drug-likeness (QED) is 0.514. The van der Waals surface area contributed by atoms with E-state index in [1.165, 1.54) is 11.8 Å². The van der Waals surface area contributed by atoms with Crippen LogP contribution in [0.5, 0.6) is 0 Å². The lowest BCUT2D eigenvalue weighted by atomic mass is 10.1. The van der Waals surface area contributed by atoms with Gasteiger partial charge in [-0.3, -0.25) is 4.79 Å². The summed E-state index contributed by atoms with van der Waals surface area (Å²) in [4.78, 5) is 23.5. The van der Waals surface area contributed by atoms with Gasteiger partial charge in [-0.25, -0.2) is 4.98 Å². The molecule has 0 bridgehead atoms. The van der Waals surface area contributed by atoms with Crippen LogP contribution in [0, 0.1) is 13.8 Å². The molecule has 7 nitrogen and oxygen atoms in total. The number of hydrogen-bond acceptors (Lipinski definition) is 7. The van der Waals surface area contributed by atoms with Crippen LogP contribution < -0.4 is 5.56 Å². The maximum Gasteiger partial charge on any atom is 0.255 e. The van der Waals surface area contributed by atoms with Crippen molar-refractivity contribution in [2.45, 2.75) is 31.2 Å². The Morgan fingerprint density at radius 1 is 1.28 bits per heavy atom. The van der Waals surface area contributed by atoms with Crippen LogP contribution in [0.2, 0.25) is 0 Å².